The summed E-state index contributed by atoms with van der Waals surface area (Å²) in [5.74, 6) is 5.76. The molecule has 0 fully saturated rings. The zero-order valence-electron chi connectivity index (χ0n) is 9.18. The van der Waals surface area contributed by atoms with Crippen LogP contribution >= 0.6 is 0 Å². The molecule has 80 valence electrons. The SMILES string of the molecule is CCCCC/C=C(/C#CCO)[Se]CC. The molecule has 1 N–H and O–H groups in total. The third-order valence-electron chi connectivity index (χ3n) is 1.73. The number of aliphatic hydroxyl groups excluding tert-OH is 1. The van der Waals surface area contributed by atoms with Gasteiger partial charge in [-0.3, -0.25) is 0 Å². The molecule has 0 aliphatic rings. The van der Waals surface area contributed by atoms with Crippen molar-refractivity contribution in [1.29, 1.82) is 0 Å². The van der Waals surface area contributed by atoms with E-state index in [1.165, 1.54) is 29.1 Å². The first kappa shape index (κ1) is 13.8. The summed E-state index contributed by atoms with van der Waals surface area (Å²) in [6.45, 7) is 4.37. The molecule has 2 heteroatoms. The van der Waals surface area contributed by atoms with Crippen molar-refractivity contribution in [3.63, 3.8) is 0 Å². The molecule has 0 aliphatic heterocycles. The average Bonchev–Trinajstić information content (AvgIpc) is 2.20. The van der Waals surface area contributed by atoms with E-state index < -0.39 is 0 Å². The molecule has 0 atom stereocenters. The Hall–Kier alpha value is -0.221. The standard InChI is InChI=1S/C12H20OSe/c1-3-5-6-7-9-12(14-4-2)10-8-11-13/h9,13H,3-7,11H2,1-2H3/b12-9-. The van der Waals surface area contributed by atoms with Crippen molar-refractivity contribution in [2.45, 2.75) is 44.9 Å². The molecule has 0 saturated heterocycles. The summed E-state index contributed by atoms with van der Waals surface area (Å²) in [4.78, 5) is 0. The van der Waals surface area contributed by atoms with Crippen LogP contribution in [0.3, 0.4) is 0 Å². The molecule has 0 unspecified atom stereocenters. The summed E-state index contributed by atoms with van der Waals surface area (Å²) in [5.41, 5.74) is 0. The molecule has 0 rings (SSSR count). The van der Waals surface area contributed by atoms with Crippen LogP contribution in [0, 0.1) is 11.8 Å². The van der Waals surface area contributed by atoms with Crippen LogP contribution in [0.5, 0.6) is 0 Å². The third-order valence-corrected chi connectivity index (χ3v) is 3.55. The molecule has 0 radical (unpaired) electrons. The first-order valence-corrected chi connectivity index (χ1v) is 7.34. The maximum atomic E-state index is 8.60. The van der Waals surface area contributed by atoms with E-state index in [0.717, 1.165) is 6.42 Å². The second-order valence-electron chi connectivity index (χ2n) is 2.96. The Labute approximate surface area is 94.1 Å². The van der Waals surface area contributed by atoms with Crippen LogP contribution in [-0.2, 0) is 0 Å². The number of aliphatic hydroxyl groups is 1. The van der Waals surface area contributed by atoms with Gasteiger partial charge in [-0.15, -0.1) is 0 Å². The fraction of sp³-hybridized carbons (Fsp3) is 0.667. The van der Waals surface area contributed by atoms with Gasteiger partial charge in [0.15, 0.2) is 0 Å². The second kappa shape index (κ2) is 10.9. The average molecular weight is 259 g/mol. The summed E-state index contributed by atoms with van der Waals surface area (Å²) >= 11 is 0.508. The number of unbranched alkanes of at least 4 members (excludes halogenated alkanes) is 3. The molecule has 0 spiro atoms. The fourth-order valence-corrected chi connectivity index (χ4v) is 2.51. The minimum atomic E-state index is -0.0217. The summed E-state index contributed by atoms with van der Waals surface area (Å²) in [5, 5.41) is 9.79. The van der Waals surface area contributed by atoms with Gasteiger partial charge >= 0.3 is 93.9 Å². The molecule has 14 heavy (non-hydrogen) atoms. The predicted molar refractivity (Wildman–Crippen MR) is 63.3 cm³/mol. The monoisotopic (exact) mass is 260 g/mol. The molecule has 1 nitrogen and oxygen atoms in total. The molecule has 0 saturated carbocycles. The first-order valence-electron chi connectivity index (χ1n) is 5.27. The van der Waals surface area contributed by atoms with E-state index in [-0.39, 0.29) is 6.61 Å². The predicted octanol–water partition coefficient (Wildman–Crippen LogP) is 2.59. The minimum absolute atomic E-state index is 0.0217. The number of rotatable bonds is 6. The number of hydrogen-bond donors (Lipinski definition) is 1. The van der Waals surface area contributed by atoms with Gasteiger partial charge in [-0.2, -0.15) is 0 Å². The third kappa shape index (κ3) is 8.38. The van der Waals surface area contributed by atoms with Crippen molar-refractivity contribution in [2.24, 2.45) is 0 Å². The molecule has 0 heterocycles. The fourth-order valence-electron chi connectivity index (χ4n) is 1.06. The zero-order valence-corrected chi connectivity index (χ0v) is 10.9. The van der Waals surface area contributed by atoms with Gasteiger partial charge in [-0.25, -0.2) is 0 Å². The van der Waals surface area contributed by atoms with E-state index in [9.17, 15) is 0 Å². The van der Waals surface area contributed by atoms with Crippen molar-refractivity contribution in [1.82, 2.24) is 0 Å². The van der Waals surface area contributed by atoms with E-state index in [2.05, 4.69) is 31.8 Å². The van der Waals surface area contributed by atoms with Crippen LogP contribution < -0.4 is 0 Å². The second-order valence-corrected chi connectivity index (χ2v) is 5.70. The quantitative estimate of drug-likeness (QED) is 0.441. The van der Waals surface area contributed by atoms with Gasteiger partial charge in [0.1, 0.15) is 0 Å². The Balaban J connectivity index is 3.91. The van der Waals surface area contributed by atoms with Crippen molar-refractivity contribution in [3.05, 3.63) is 10.5 Å². The number of allylic oxidation sites excluding steroid dienone is 2. The van der Waals surface area contributed by atoms with Gasteiger partial charge in [0.05, 0.1) is 0 Å². The van der Waals surface area contributed by atoms with Gasteiger partial charge < -0.3 is 0 Å². The summed E-state index contributed by atoms with van der Waals surface area (Å²) < 4.78 is 1.25. The number of hydrogen-bond acceptors (Lipinski definition) is 1. The molecule has 0 amide bonds. The molecule has 0 aromatic heterocycles. The molecule has 0 aromatic rings. The van der Waals surface area contributed by atoms with E-state index in [1.807, 2.05) is 0 Å². The van der Waals surface area contributed by atoms with Crippen LogP contribution in [0.1, 0.15) is 39.5 Å². The van der Waals surface area contributed by atoms with Crippen molar-refractivity contribution < 1.29 is 5.11 Å². The molecular formula is C12H20OSe. The van der Waals surface area contributed by atoms with Crippen molar-refractivity contribution in [2.75, 3.05) is 6.61 Å². The Bertz CT molecular complexity index is 210. The van der Waals surface area contributed by atoms with Crippen LogP contribution in [0.25, 0.3) is 0 Å². The van der Waals surface area contributed by atoms with E-state index in [4.69, 9.17) is 5.11 Å². The Morgan fingerprint density at radius 3 is 2.71 bits per heavy atom. The summed E-state index contributed by atoms with van der Waals surface area (Å²) in [6, 6.07) is 0. The van der Waals surface area contributed by atoms with E-state index in [0.29, 0.717) is 15.0 Å². The van der Waals surface area contributed by atoms with Crippen molar-refractivity contribution >= 4 is 15.0 Å². The first-order chi connectivity index (χ1) is 6.85. The van der Waals surface area contributed by atoms with Gasteiger partial charge in [0.25, 0.3) is 0 Å². The molecule has 0 aromatic carbocycles. The van der Waals surface area contributed by atoms with Crippen LogP contribution in [0.4, 0.5) is 0 Å². The summed E-state index contributed by atoms with van der Waals surface area (Å²) in [6.07, 6.45) is 7.23. The van der Waals surface area contributed by atoms with E-state index >= 15 is 0 Å². The molecule has 0 aliphatic carbocycles. The normalized spacial score (nSPS) is 10.9. The summed E-state index contributed by atoms with van der Waals surface area (Å²) in [7, 11) is 0. The van der Waals surface area contributed by atoms with Gasteiger partial charge in [0.2, 0.25) is 0 Å². The van der Waals surface area contributed by atoms with Crippen LogP contribution in [-0.4, -0.2) is 26.7 Å². The Kier molecular flexibility index (Phi) is 10.7. The van der Waals surface area contributed by atoms with Crippen molar-refractivity contribution in [3.8, 4) is 11.8 Å². The Morgan fingerprint density at radius 2 is 2.14 bits per heavy atom. The molecular weight excluding hydrogens is 239 g/mol. The van der Waals surface area contributed by atoms with Gasteiger partial charge in [-0.1, -0.05) is 0 Å². The van der Waals surface area contributed by atoms with Gasteiger partial charge in [0, 0.05) is 0 Å². The molecule has 0 bridgehead atoms. The Morgan fingerprint density at radius 1 is 1.36 bits per heavy atom. The van der Waals surface area contributed by atoms with Gasteiger partial charge in [-0.05, 0) is 0 Å². The van der Waals surface area contributed by atoms with Crippen LogP contribution in [0.15, 0.2) is 10.5 Å². The zero-order chi connectivity index (χ0) is 10.6. The van der Waals surface area contributed by atoms with E-state index in [1.54, 1.807) is 0 Å². The maximum absolute atomic E-state index is 8.60. The topological polar surface area (TPSA) is 20.2 Å². The van der Waals surface area contributed by atoms with Crippen LogP contribution in [0.2, 0.25) is 5.32 Å².